The van der Waals surface area contributed by atoms with Gasteiger partial charge in [0.2, 0.25) is 0 Å². The van der Waals surface area contributed by atoms with Gasteiger partial charge in [-0.05, 0) is 6.92 Å². The van der Waals surface area contributed by atoms with Gasteiger partial charge in [0.1, 0.15) is 6.61 Å². The van der Waals surface area contributed by atoms with Crippen LogP contribution in [0.25, 0.3) is 0 Å². The Balaban J connectivity index is 2.61. The van der Waals surface area contributed by atoms with E-state index in [2.05, 4.69) is 4.74 Å². The zero-order chi connectivity index (χ0) is 8.43. The van der Waals surface area contributed by atoms with Gasteiger partial charge in [0.25, 0.3) is 0 Å². The third-order valence-electron chi connectivity index (χ3n) is 1.88. The van der Waals surface area contributed by atoms with Crippen molar-refractivity contribution in [2.75, 3.05) is 6.61 Å². The van der Waals surface area contributed by atoms with Gasteiger partial charge in [0, 0.05) is 6.42 Å². The lowest BCUT2D eigenvalue weighted by molar-refractivity contribution is -0.150. The smallest absolute Gasteiger partial charge is 0.311 e. The van der Waals surface area contributed by atoms with Crippen molar-refractivity contribution in [2.45, 2.75) is 25.6 Å². The summed E-state index contributed by atoms with van der Waals surface area (Å²) < 4.78 is 4.65. The largest absolute Gasteiger partial charge is 0.463 e. The van der Waals surface area contributed by atoms with Crippen LogP contribution in [0.15, 0.2) is 0 Å². The molecule has 1 rings (SSSR count). The van der Waals surface area contributed by atoms with Gasteiger partial charge in [-0.15, -0.1) is 0 Å². The van der Waals surface area contributed by atoms with Crippen LogP contribution in [0.5, 0.6) is 0 Å². The van der Waals surface area contributed by atoms with Crippen LogP contribution in [0, 0.1) is 5.92 Å². The van der Waals surface area contributed by atoms with Crippen LogP contribution in [0.3, 0.4) is 0 Å². The molecule has 3 atom stereocenters. The van der Waals surface area contributed by atoms with E-state index in [1.807, 2.05) is 0 Å². The number of cyclic esters (lactones) is 1. The number of hydrogen-bond acceptors (Lipinski definition) is 4. The molecule has 2 N–H and O–H groups in total. The molecule has 0 unspecified atom stereocenters. The zero-order valence-electron chi connectivity index (χ0n) is 6.36. The van der Waals surface area contributed by atoms with Crippen LogP contribution in [-0.4, -0.2) is 35.0 Å². The van der Waals surface area contributed by atoms with E-state index in [1.54, 1.807) is 6.92 Å². The molecule has 0 aromatic heterocycles. The molecule has 0 bridgehead atoms. The maximum atomic E-state index is 10.9. The number of carbonyl (C=O) groups is 1. The third kappa shape index (κ3) is 1.91. The first-order valence-electron chi connectivity index (χ1n) is 3.64. The van der Waals surface area contributed by atoms with Crippen LogP contribution in [-0.2, 0) is 9.53 Å². The first-order chi connectivity index (χ1) is 5.11. The van der Waals surface area contributed by atoms with E-state index in [4.69, 9.17) is 5.11 Å². The normalized spacial score (nSPS) is 39.5. The van der Waals surface area contributed by atoms with Crippen molar-refractivity contribution in [3.05, 3.63) is 0 Å². The highest BCUT2D eigenvalue weighted by Crippen LogP contribution is 2.15. The van der Waals surface area contributed by atoms with Crippen LogP contribution in [0.2, 0.25) is 0 Å². The molecular weight excluding hydrogens is 148 g/mol. The molecule has 0 amide bonds. The summed E-state index contributed by atoms with van der Waals surface area (Å²) in [6.45, 7) is 1.59. The molecule has 0 aromatic carbocycles. The first-order valence-corrected chi connectivity index (χ1v) is 3.64. The Labute approximate surface area is 64.8 Å². The Morgan fingerprint density at radius 3 is 2.82 bits per heavy atom. The number of rotatable bonds is 0. The minimum atomic E-state index is -0.778. The van der Waals surface area contributed by atoms with Crippen molar-refractivity contribution in [2.24, 2.45) is 5.92 Å². The molecule has 0 aliphatic carbocycles. The van der Waals surface area contributed by atoms with Crippen LogP contribution >= 0.6 is 0 Å². The minimum absolute atomic E-state index is 0.000231. The van der Waals surface area contributed by atoms with Crippen LogP contribution < -0.4 is 0 Å². The number of carbonyl (C=O) groups excluding carboxylic acids is 1. The molecule has 64 valence electrons. The molecule has 1 fully saturated rings. The maximum Gasteiger partial charge on any atom is 0.311 e. The number of aliphatic hydroxyl groups excluding tert-OH is 2. The van der Waals surface area contributed by atoms with Crippen LogP contribution in [0.1, 0.15) is 13.3 Å². The topological polar surface area (TPSA) is 66.8 Å². The van der Waals surface area contributed by atoms with Crippen molar-refractivity contribution in [3.63, 3.8) is 0 Å². The number of hydrogen-bond donors (Lipinski definition) is 2. The number of ether oxygens (including phenoxy) is 1. The molecule has 1 aliphatic rings. The average molecular weight is 160 g/mol. The monoisotopic (exact) mass is 160 g/mol. The van der Waals surface area contributed by atoms with Crippen molar-refractivity contribution >= 4 is 5.97 Å². The summed E-state index contributed by atoms with van der Waals surface area (Å²) >= 11 is 0. The predicted octanol–water partition coefficient (Wildman–Crippen LogP) is -0.709. The molecule has 11 heavy (non-hydrogen) atoms. The highest BCUT2D eigenvalue weighted by molar-refractivity contribution is 5.72. The Morgan fingerprint density at radius 2 is 2.18 bits per heavy atom. The van der Waals surface area contributed by atoms with E-state index in [1.165, 1.54) is 0 Å². The summed E-state index contributed by atoms with van der Waals surface area (Å²) in [6, 6.07) is 0. The maximum absolute atomic E-state index is 10.9. The van der Waals surface area contributed by atoms with Gasteiger partial charge in [-0.25, -0.2) is 0 Å². The molecule has 1 saturated heterocycles. The van der Waals surface area contributed by atoms with E-state index < -0.39 is 24.1 Å². The first kappa shape index (κ1) is 8.49. The second-order valence-electron chi connectivity index (χ2n) is 2.88. The van der Waals surface area contributed by atoms with Gasteiger partial charge < -0.3 is 14.9 Å². The lowest BCUT2D eigenvalue weighted by atomic mass is 10.0. The second kappa shape index (κ2) is 3.19. The van der Waals surface area contributed by atoms with E-state index >= 15 is 0 Å². The summed E-state index contributed by atoms with van der Waals surface area (Å²) in [5.41, 5.74) is 0. The Morgan fingerprint density at radius 1 is 1.55 bits per heavy atom. The van der Waals surface area contributed by atoms with E-state index in [0.717, 1.165) is 0 Å². The summed E-state index contributed by atoms with van der Waals surface area (Å²) in [5, 5.41) is 18.3. The molecule has 0 spiro atoms. The SMILES string of the molecule is C[C@@H]1C(=O)OC[C@H](O)C[C@H]1O. The highest BCUT2D eigenvalue weighted by Gasteiger charge is 2.29. The molecule has 0 radical (unpaired) electrons. The van der Waals surface area contributed by atoms with Crippen molar-refractivity contribution in [3.8, 4) is 0 Å². The molecule has 0 saturated carbocycles. The summed E-state index contributed by atoms with van der Waals surface area (Å²) in [6.07, 6.45) is -1.29. The fraction of sp³-hybridized carbons (Fsp3) is 0.857. The molecule has 4 heteroatoms. The van der Waals surface area contributed by atoms with Crippen LogP contribution in [0.4, 0.5) is 0 Å². The summed E-state index contributed by atoms with van der Waals surface area (Å²) in [7, 11) is 0. The van der Waals surface area contributed by atoms with Crippen molar-refractivity contribution < 1.29 is 19.7 Å². The van der Waals surface area contributed by atoms with Gasteiger partial charge in [0.15, 0.2) is 0 Å². The fourth-order valence-corrected chi connectivity index (χ4v) is 1.02. The average Bonchev–Trinajstić information content (AvgIpc) is 2.05. The molecule has 4 nitrogen and oxygen atoms in total. The fourth-order valence-electron chi connectivity index (χ4n) is 1.02. The quantitative estimate of drug-likeness (QED) is 0.459. The Hall–Kier alpha value is -0.610. The lowest BCUT2D eigenvalue weighted by Crippen LogP contribution is -2.25. The Bertz CT molecular complexity index is 157. The molecule has 1 aliphatic heterocycles. The van der Waals surface area contributed by atoms with Gasteiger partial charge in [-0.1, -0.05) is 0 Å². The summed E-state index contributed by atoms with van der Waals surface area (Å²) in [5.74, 6) is -0.957. The van der Waals surface area contributed by atoms with E-state index in [9.17, 15) is 9.90 Å². The van der Waals surface area contributed by atoms with E-state index in [0.29, 0.717) is 0 Å². The Kier molecular flexibility index (Phi) is 2.46. The van der Waals surface area contributed by atoms with Gasteiger partial charge in [-0.3, -0.25) is 4.79 Å². The highest BCUT2D eigenvalue weighted by atomic mass is 16.5. The second-order valence-corrected chi connectivity index (χ2v) is 2.88. The van der Waals surface area contributed by atoms with Crippen molar-refractivity contribution in [1.82, 2.24) is 0 Å². The molecule has 1 heterocycles. The molecular formula is C7H12O4. The van der Waals surface area contributed by atoms with E-state index in [-0.39, 0.29) is 13.0 Å². The minimum Gasteiger partial charge on any atom is -0.463 e. The third-order valence-corrected chi connectivity index (χ3v) is 1.88. The standard InChI is InChI=1S/C7H12O4/c1-4-6(9)2-5(8)3-11-7(4)10/h4-6,8-9H,2-3H2,1H3/t4-,5+,6+/m0/s1. The van der Waals surface area contributed by atoms with Crippen molar-refractivity contribution in [1.29, 1.82) is 0 Å². The summed E-state index contributed by atoms with van der Waals surface area (Å²) in [4.78, 5) is 10.9. The van der Waals surface area contributed by atoms with Gasteiger partial charge in [-0.2, -0.15) is 0 Å². The molecule has 0 aromatic rings. The van der Waals surface area contributed by atoms with Gasteiger partial charge >= 0.3 is 5.97 Å². The number of esters is 1. The number of aliphatic hydroxyl groups is 2. The predicted molar refractivity (Wildman–Crippen MR) is 36.8 cm³/mol. The zero-order valence-corrected chi connectivity index (χ0v) is 6.36. The van der Waals surface area contributed by atoms with Gasteiger partial charge in [0.05, 0.1) is 18.1 Å². The lowest BCUT2D eigenvalue weighted by Gasteiger charge is -2.11.